The fraction of sp³-hybridized carbons (Fsp3) is 0.636. The van der Waals surface area contributed by atoms with E-state index in [9.17, 15) is 19.2 Å². The number of carbonyl (C=O) groups excluding carboxylic acids is 4. The van der Waals surface area contributed by atoms with Gasteiger partial charge in [-0.05, 0) is 6.92 Å². The quantitative estimate of drug-likeness (QED) is 0.529. The SMILES string of the molecule is CCN1C(=O)C(=O)N(CC(=O)C(C)(C)C)C1=O. The summed E-state index contributed by atoms with van der Waals surface area (Å²) in [5.74, 6) is -2.04. The number of imide groups is 2. The van der Waals surface area contributed by atoms with Gasteiger partial charge in [-0.3, -0.25) is 19.3 Å². The Morgan fingerprint density at radius 2 is 1.53 bits per heavy atom. The summed E-state index contributed by atoms with van der Waals surface area (Å²) in [5.41, 5.74) is -0.650. The summed E-state index contributed by atoms with van der Waals surface area (Å²) in [6.45, 7) is 6.46. The van der Waals surface area contributed by atoms with Gasteiger partial charge >= 0.3 is 17.8 Å². The maximum Gasteiger partial charge on any atom is 0.334 e. The highest BCUT2D eigenvalue weighted by molar-refractivity contribution is 6.45. The fourth-order valence-corrected chi connectivity index (χ4v) is 1.35. The first-order valence-corrected chi connectivity index (χ1v) is 5.40. The van der Waals surface area contributed by atoms with E-state index >= 15 is 0 Å². The zero-order chi connectivity index (χ0) is 13.4. The standard InChI is InChI=1S/C11H16N2O4/c1-5-12-8(15)9(16)13(10(12)17)6-7(14)11(2,3)4/h5-6H2,1-4H3. The summed E-state index contributed by atoms with van der Waals surface area (Å²) < 4.78 is 0. The zero-order valence-corrected chi connectivity index (χ0v) is 10.4. The highest BCUT2D eigenvalue weighted by Gasteiger charge is 2.45. The lowest BCUT2D eigenvalue weighted by Gasteiger charge is -2.20. The van der Waals surface area contributed by atoms with Crippen LogP contribution < -0.4 is 0 Å². The molecule has 1 aliphatic heterocycles. The van der Waals surface area contributed by atoms with Crippen LogP contribution >= 0.6 is 0 Å². The summed E-state index contributed by atoms with van der Waals surface area (Å²) >= 11 is 0. The molecule has 0 aliphatic carbocycles. The molecule has 0 unspecified atom stereocenters. The molecule has 1 saturated heterocycles. The third kappa shape index (κ3) is 2.35. The van der Waals surface area contributed by atoms with E-state index in [4.69, 9.17) is 0 Å². The highest BCUT2D eigenvalue weighted by atomic mass is 16.2. The van der Waals surface area contributed by atoms with Crippen LogP contribution in [0.3, 0.4) is 0 Å². The number of rotatable bonds is 3. The molecular weight excluding hydrogens is 224 g/mol. The number of Topliss-reactive ketones (excluding diaryl/α,β-unsaturated/α-hetero) is 1. The third-order valence-corrected chi connectivity index (χ3v) is 2.59. The lowest BCUT2D eigenvalue weighted by molar-refractivity contribution is -0.144. The molecule has 0 atom stereocenters. The monoisotopic (exact) mass is 240 g/mol. The van der Waals surface area contributed by atoms with Crippen molar-refractivity contribution in [3.8, 4) is 0 Å². The van der Waals surface area contributed by atoms with E-state index < -0.39 is 23.3 Å². The van der Waals surface area contributed by atoms with Gasteiger partial charge in [0.25, 0.3) is 0 Å². The Hall–Kier alpha value is -1.72. The van der Waals surface area contributed by atoms with Crippen LogP contribution in [0.15, 0.2) is 0 Å². The fourth-order valence-electron chi connectivity index (χ4n) is 1.35. The van der Waals surface area contributed by atoms with Gasteiger partial charge in [0.05, 0.1) is 6.54 Å². The van der Waals surface area contributed by atoms with Crippen molar-refractivity contribution in [1.29, 1.82) is 0 Å². The van der Waals surface area contributed by atoms with E-state index in [2.05, 4.69) is 0 Å². The summed E-state index contributed by atoms with van der Waals surface area (Å²) in [6.07, 6.45) is 0. The van der Waals surface area contributed by atoms with Gasteiger partial charge in [-0.15, -0.1) is 0 Å². The Kier molecular flexibility index (Phi) is 3.35. The van der Waals surface area contributed by atoms with Gasteiger partial charge in [0.1, 0.15) is 0 Å². The molecule has 4 amide bonds. The number of carbonyl (C=O) groups is 4. The Balaban J connectivity index is 2.87. The number of likely N-dealkylation sites (N-methyl/N-ethyl adjacent to an activating group) is 1. The first kappa shape index (κ1) is 13.3. The van der Waals surface area contributed by atoms with E-state index in [0.29, 0.717) is 4.90 Å². The average Bonchev–Trinajstić information content (AvgIpc) is 2.41. The molecule has 1 rings (SSSR count). The van der Waals surface area contributed by atoms with Crippen molar-refractivity contribution in [2.75, 3.05) is 13.1 Å². The molecule has 0 N–H and O–H groups in total. The van der Waals surface area contributed by atoms with E-state index in [-0.39, 0.29) is 18.9 Å². The van der Waals surface area contributed by atoms with Crippen molar-refractivity contribution in [2.24, 2.45) is 5.41 Å². The predicted octanol–water partition coefficient (Wildman–Crippen LogP) is 0.412. The Morgan fingerprint density at radius 1 is 1.06 bits per heavy atom. The number of urea groups is 1. The van der Waals surface area contributed by atoms with Crippen LogP contribution in [0.4, 0.5) is 4.79 Å². The number of hydrogen-bond acceptors (Lipinski definition) is 4. The number of hydrogen-bond donors (Lipinski definition) is 0. The van der Waals surface area contributed by atoms with Gasteiger partial charge in [0.15, 0.2) is 5.78 Å². The molecule has 0 aromatic carbocycles. The van der Waals surface area contributed by atoms with Crippen LogP contribution in [0.25, 0.3) is 0 Å². The molecule has 0 aromatic rings. The highest BCUT2D eigenvalue weighted by Crippen LogP contribution is 2.18. The van der Waals surface area contributed by atoms with Crippen LogP contribution in [0.2, 0.25) is 0 Å². The maximum absolute atomic E-state index is 11.7. The minimum Gasteiger partial charge on any atom is -0.297 e. The van der Waals surface area contributed by atoms with Crippen molar-refractivity contribution in [3.05, 3.63) is 0 Å². The van der Waals surface area contributed by atoms with Crippen LogP contribution in [0, 0.1) is 5.41 Å². The number of amides is 4. The van der Waals surface area contributed by atoms with E-state index in [1.165, 1.54) is 0 Å². The summed E-state index contributed by atoms with van der Waals surface area (Å²) in [4.78, 5) is 47.9. The van der Waals surface area contributed by atoms with Gasteiger partial charge in [-0.2, -0.15) is 0 Å². The number of ketones is 1. The molecule has 0 bridgehead atoms. The lowest BCUT2D eigenvalue weighted by Crippen LogP contribution is -2.40. The second-order valence-electron chi connectivity index (χ2n) is 4.90. The molecule has 0 aromatic heterocycles. The summed E-state index contributed by atoms with van der Waals surface area (Å²) in [6, 6.07) is -0.708. The van der Waals surface area contributed by atoms with E-state index in [1.54, 1.807) is 27.7 Å². The maximum atomic E-state index is 11.7. The minimum atomic E-state index is -0.922. The molecule has 1 heterocycles. The second-order valence-corrected chi connectivity index (χ2v) is 4.90. The van der Waals surface area contributed by atoms with Gasteiger partial charge in [-0.25, -0.2) is 9.69 Å². The third-order valence-electron chi connectivity index (χ3n) is 2.59. The van der Waals surface area contributed by atoms with Crippen LogP contribution in [0.5, 0.6) is 0 Å². The van der Waals surface area contributed by atoms with Crippen LogP contribution in [-0.4, -0.2) is 46.5 Å². The molecule has 17 heavy (non-hydrogen) atoms. The first-order chi connectivity index (χ1) is 7.70. The Bertz CT molecular complexity index is 395. The normalized spacial score (nSPS) is 17.1. The molecule has 6 heteroatoms. The molecular formula is C11H16N2O4. The van der Waals surface area contributed by atoms with Crippen molar-refractivity contribution >= 4 is 23.6 Å². The topological polar surface area (TPSA) is 74.8 Å². The molecule has 1 aliphatic rings. The summed E-state index contributed by atoms with van der Waals surface area (Å²) in [7, 11) is 0. The van der Waals surface area contributed by atoms with Crippen molar-refractivity contribution in [2.45, 2.75) is 27.7 Å². The second kappa shape index (κ2) is 4.27. The van der Waals surface area contributed by atoms with Gasteiger partial charge in [-0.1, -0.05) is 20.8 Å². The molecule has 6 nitrogen and oxygen atoms in total. The van der Waals surface area contributed by atoms with Gasteiger partial charge < -0.3 is 0 Å². The van der Waals surface area contributed by atoms with Crippen LogP contribution in [0.1, 0.15) is 27.7 Å². The molecule has 94 valence electrons. The number of nitrogens with zero attached hydrogens (tertiary/aromatic N) is 2. The Labute approximate surface area is 99.5 Å². The zero-order valence-electron chi connectivity index (χ0n) is 10.4. The first-order valence-electron chi connectivity index (χ1n) is 5.40. The van der Waals surface area contributed by atoms with E-state index in [1.807, 2.05) is 0 Å². The van der Waals surface area contributed by atoms with Crippen molar-refractivity contribution in [1.82, 2.24) is 9.80 Å². The van der Waals surface area contributed by atoms with Gasteiger partial charge in [0.2, 0.25) is 0 Å². The van der Waals surface area contributed by atoms with Gasteiger partial charge in [0, 0.05) is 12.0 Å². The van der Waals surface area contributed by atoms with Crippen molar-refractivity contribution < 1.29 is 19.2 Å². The molecule has 0 saturated carbocycles. The van der Waals surface area contributed by atoms with Crippen molar-refractivity contribution in [3.63, 3.8) is 0 Å². The molecule has 0 spiro atoms. The Morgan fingerprint density at radius 3 is 1.88 bits per heavy atom. The largest absolute Gasteiger partial charge is 0.334 e. The summed E-state index contributed by atoms with van der Waals surface area (Å²) in [5, 5.41) is 0. The molecule has 0 radical (unpaired) electrons. The minimum absolute atomic E-state index is 0.129. The van der Waals surface area contributed by atoms with E-state index in [0.717, 1.165) is 4.90 Å². The molecule has 1 fully saturated rings. The van der Waals surface area contributed by atoms with Crippen LogP contribution in [-0.2, 0) is 14.4 Å². The lowest BCUT2D eigenvalue weighted by atomic mass is 9.90. The predicted molar refractivity (Wildman–Crippen MR) is 59.0 cm³/mol. The average molecular weight is 240 g/mol. The smallest absolute Gasteiger partial charge is 0.297 e.